The quantitative estimate of drug-likeness (QED) is 0.769. The molecule has 0 fully saturated rings. The molecule has 1 atom stereocenters. The van der Waals surface area contributed by atoms with Gasteiger partial charge in [-0.25, -0.2) is 0 Å². The highest BCUT2D eigenvalue weighted by molar-refractivity contribution is 5.30. The molecular weight excluding hydrogens is 162 g/mol. The maximum absolute atomic E-state index is 5.59. The second kappa shape index (κ2) is 4.40. The van der Waals surface area contributed by atoms with Crippen LogP contribution in [0.15, 0.2) is 18.2 Å². The average molecular weight is 179 g/mol. The Bertz CT molecular complexity index is 259. The maximum Gasteiger partial charge on any atom is 0.0943 e. The third-order valence-electron chi connectivity index (χ3n) is 2.11. The van der Waals surface area contributed by atoms with Gasteiger partial charge in [0.05, 0.1) is 6.10 Å². The van der Waals surface area contributed by atoms with E-state index in [2.05, 4.69) is 32.0 Å². The van der Waals surface area contributed by atoms with E-state index in [1.54, 1.807) is 7.11 Å². The lowest BCUT2D eigenvalue weighted by atomic mass is 10.0. The Morgan fingerprint density at radius 2 is 1.77 bits per heavy atom. The van der Waals surface area contributed by atoms with Gasteiger partial charge >= 0.3 is 0 Å². The minimum atomic E-state index is 0.0265. The van der Waals surface area contributed by atoms with Gasteiger partial charge in [-0.2, -0.15) is 0 Å². The molecule has 1 unspecified atom stereocenters. The molecule has 2 nitrogen and oxygen atoms in total. The van der Waals surface area contributed by atoms with Gasteiger partial charge in [0, 0.05) is 13.7 Å². The van der Waals surface area contributed by atoms with Gasteiger partial charge in [-0.1, -0.05) is 29.3 Å². The fraction of sp³-hybridized carbons (Fsp3) is 0.455. The van der Waals surface area contributed by atoms with Crippen LogP contribution >= 0.6 is 0 Å². The Hall–Kier alpha value is -0.860. The van der Waals surface area contributed by atoms with Crippen LogP contribution in [0.1, 0.15) is 22.8 Å². The molecule has 0 radical (unpaired) electrons. The molecule has 1 aromatic carbocycles. The standard InChI is InChI=1S/C11H17NO/c1-8-4-9(2)6-10(5-8)11(7-12)13-3/h4-6,11H,7,12H2,1-3H3. The zero-order chi connectivity index (χ0) is 9.84. The van der Waals surface area contributed by atoms with E-state index in [1.165, 1.54) is 16.7 Å². The van der Waals surface area contributed by atoms with Crippen molar-refractivity contribution in [1.82, 2.24) is 0 Å². The van der Waals surface area contributed by atoms with Crippen molar-refractivity contribution in [3.8, 4) is 0 Å². The first kappa shape index (κ1) is 10.2. The smallest absolute Gasteiger partial charge is 0.0943 e. The third kappa shape index (κ3) is 2.54. The molecule has 0 heterocycles. The number of benzene rings is 1. The predicted molar refractivity (Wildman–Crippen MR) is 54.7 cm³/mol. The van der Waals surface area contributed by atoms with Crippen LogP contribution in [0.25, 0.3) is 0 Å². The maximum atomic E-state index is 5.59. The van der Waals surface area contributed by atoms with Gasteiger partial charge in [0.1, 0.15) is 0 Å². The summed E-state index contributed by atoms with van der Waals surface area (Å²) in [6, 6.07) is 6.38. The lowest BCUT2D eigenvalue weighted by Crippen LogP contribution is -2.14. The minimum Gasteiger partial charge on any atom is -0.375 e. The lowest BCUT2D eigenvalue weighted by Gasteiger charge is -2.14. The molecule has 1 rings (SSSR count). The highest BCUT2D eigenvalue weighted by atomic mass is 16.5. The van der Waals surface area contributed by atoms with Crippen molar-refractivity contribution in [2.75, 3.05) is 13.7 Å². The normalized spacial score (nSPS) is 12.9. The van der Waals surface area contributed by atoms with Crippen LogP contribution in [-0.4, -0.2) is 13.7 Å². The molecule has 0 aliphatic rings. The number of rotatable bonds is 3. The van der Waals surface area contributed by atoms with Crippen molar-refractivity contribution < 1.29 is 4.74 Å². The Morgan fingerprint density at radius 3 is 2.15 bits per heavy atom. The van der Waals surface area contributed by atoms with E-state index in [-0.39, 0.29) is 6.10 Å². The first-order valence-electron chi connectivity index (χ1n) is 4.48. The Kier molecular flexibility index (Phi) is 3.46. The summed E-state index contributed by atoms with van der Waals surface area (Å²) in [4.78, 5) is 0. The number of methoxy groups -OCH3 is 1. The Labute approximate surface area is 79.7 Å². The van der Waals surface area contributed by atoms with E-state index in [0.717, 1.165) is 0 Å². The summed E-state index contributed by atoms with van der Waals surface area (Å²) >= 11 is 0. The monoisotopic (exact) mass is 179 g/mol. The molecule has 0 spiro atoms. The van der Waals surface area contributed by atoms with Gasteiger partial charge in [0.2, 0.25) is 0 Å². The van der Waals surface area contributed by atoms with E-state index in [9.17, 15) is 0 Å². The fourth-order valence-corrected chi connectivity index (χ4v) is 1.56. The second-order valence-electron chi connectivity index (χ2n) is 3.38. The van der Waals surface area contributed by atoms with E-state index in [4.69, 9.17) is 10.5 Å². The summed E-state index contributed by atoms with van der Waals surface area (Å²) in [5, 5.41) is 0. The average Bonchev–Trinajstić information content (AvgIpc) is 2.04. The van der Waals surface area contributed by atoms with Crippen molar-refractivity contribution in [1.29, 1.82) is 0 Å². The van der Waals surface area contributed by atoms with Crippen LogP contribution in [0.5, 0.6) is 0 Å². The lowest BCUT2D eigenvalue weighted by molar-refractivity contribution is 0.110. The van der Waals surface area contributed by atoms with E-state index < -0.39 is 0 Å². The molecule has 0 saturated carbocycles. The fourth-order valence-electron chi connectivity index (χ4n) is 1.56. The molecule has 0 aromatic heterocycles. The summed E-state index contributed by atoms with van der Waals surface area (Å²) in [5.41, 5.74) is 9.27. The van der Waals surface area contributed by atoms with Gasteiger partial charge in [0.15, 0.2) is 0 Å². The summed E-state index contributed by atoms with van der Waals surface area (Å²) in [6.45, 7) is 4.69. The van der Waals surface area contributed by atoms with Crippen LogP contribution in [0, 0.1) is 13.8 Å². The van der Waals surface area contributed by atoms with Crippen LogP contribution in [-0.2, 0) is 4.74 Å². The highest BCUT2D eigenvalue weighted by Gasteiger charge is 2.08. The summed E-state index contributed by atoms with van der Waals surface area (Å²) in [5.74, 6) is 0. The van der Waals surface area contributed by atoms with Gasteiger partial charge in [0.25, 0.3) is 0 Å². The minimum absolute atomic E-state index is 0.0265. The molecule has 0 saturated heterocycles. The van der Waals surface area contributed by atoms with E-state index in [0.29, 0.717) is 6.54 Å². The van der Waals surface area contributed by atoms with Crippen LogP contribution in [0.3, 0.4) is 0 Å². The zero-order valence-electron chi connectivity index (χ0n) is 8.50. The zero-order valence-corrected chi connectivity index (χ0v) is 8.50. The molecule has 2 N–H and O–H groups in total. The molecular formula is C11H17NO. The van der Waals surface area contributed by atoms with Crippen LogP contribution in [0.2, 0.25) is 0 Å². The van der Waals surface area contributed by atoms with Gasteiger partial charge < -0.3 is 10.5 Å². The first-order chi connectivity index (χ1) is 6.17. The molecule has 1 aromatic rings. The second-order valence-corrected chi connectivity index (χ2v) is 3.38. The summed E-state index contributed by atoms with van der Waals surface area (Å²) in [7, 11) is 1.69. The number of nitrogens with two attached hydrogens (primary N) is 1. The molecule has 0 aliphatic heterocycles. The number of hydrogen-bond acceptors (Lipinski definition) is 2. The molecule has 13 heavy (non-hydrogen) atoms. The molecule has 0 bridgehead atoms. The van der Waals surface area contributed by atoms with Crippen molar-refractivity contribution in [3.63, 3.8) is 0 Å². The van der Waals surface area contributed by atoms with Gasteiger partial charge in [-0.3, -0.25) is 0 Å². The van der Waals surface area contributed by atoms with Crippen LogP contribution < -0.4 is 5.73 Å². The molecule has 2 heteroatoms. The van der Waals surface area contributed by atoms with Gasteiger partial charge in [-0.15, -0.1) is 0 Å². The third-order valence-corrected chi connectivity index (χ3v) is 2.11. The molecule has 0 amide bonds. The predicted octanol–water partition coefficient (Wildman–Crippen LogP) is 1.95. The number of aryl methyl sites for hydroxylation is 2. The largest absolute Gasteiger partial charge is 0.375 e. The van der Waals surface area contributed by atoms with Crippen molar-refractivity contribution >= 4 is 0 Å². The first-order valence-corrected chi connectivity index (χ1v) is 4.48. The van der Waals surface area contributed by atoms with Crippen LogP contribution in [0.4, 0.5) is 0 Å². The summed E-state index contributed by atoms with van der Waals surface area (Å²) < 4.78 is 5.27. The molecule has 72 valence electrons. The Balaban J connectivity index is 2.99. The van der Waals surface area contributed by atoms with E-state index in [1.807, 2.05) is 0 Å². The highest BCUT2D eigenvalue weighted by Crippen LogP contribution is 2.18. The van der Waals surface area contributed by atoms with E-state index >= 15 is 0 Å². The Morgan fingerprint density at radius 1 is 1.23 bits per heavy atom. The van der Waals surface area contributed by atoms with Gasteiger partial charge in [-0.05, 0) is 19.4 Å². The SMILES string of the molecule is COC(CN)c1cc(C)cc(C)c1. The van der Waals surface area contributed by atoms with Crippen molar-refractivity contribution in [2.24, 2.45) is 5.73 Å². The number of hydrogen-bond donors (Lipinski definition) is 1. The topological polar surface area (TPSA) is 35.2 Å². The number of ether oxygens (including phenoxy) is 1. The molecule has 0 aliphatic carbocycles. The van der Waals surface area contributed by atoms with Crippen molar-refractivity contribution in [2.45, 2.75) is 20.0 Å². The van der Waals surface area contributed by atoms with Crippen molar-refractivity contribution in [3.05, 3.63) is 34.9 Å². The summed E-state index contributed by atoms with van der Waals surface area (Å²) in [6.07, 6.45) is 0.0265.